The van der Waals surface area contributed by atoms with Gasteiger partial charge < -0.3 is 4.40 Å². The van der Waals surface area contributed by atoms with Gasteiger partial charge in [-0.05, 0) is 71.5 Å². The average Bonchev–Trinajstić information content (AvgIpc) is 3.54. The lowest BCUT2D eigenvalue weighted by Crippen LogP contribution is -2.29. The van der Waals surface area contributed by atoms with Gasteiger partial charge in [0.2, 0.25) is 5.52 Å². The summed E-state index contributed by atoms with van der Waals surface area (Å²) < 4.78 is 4.98. The van der Waals surface area contributed by atoms with E-state index < -0.39 is 0 Å². The van der Waals surface area contributed by atoms with Gasteiger partial charge in [-0.15, -0.1) is 0 Å². The second kappa shape index (κ2) is 6.73. The summed E-state index contributed by atoms with van der Waals surface area (Å²) in [6.45, 7) is 4.65. The Morgan fingerprint density at radius 3 is 2.29 bits per heavy atom. The lowest BCUT2D eigenvalue weighted by atomic mass is 9.92. The van der Waals surface area contributed by atoms with Crippen molar-refractivity contribution in [2.75, 3.05) is 0 Å². The van der Waals surface area contributed by atoms with Crippen molar-refractivity contribution in [1.82, 2.24) is 4.40 Å². The number of aryl methyl sites for hydroxylation is 3. The van der Waals surface area contributed by atoms with Gasteiger partial charge in [-0.3, -0.25) is 0 Å². The predicted octanol–water partition coefficient (Wildman–Crippen LogP) is 8.24. The van der Waals surface area contributed by atoms with E-state index in [4.69, 9.17) is 0 Å². The van der Waals surface area contributed by atoms with Gasteiger partial charge in [0.15, 0.2) is 6.20 Å². The molecule has 0 spiro atoms. The molecule has 2 nitrogen and oxygen atoms in total. The van der Waals surface area contributed by atoms with E-state index in [0.717, 1.165) is 0 Å². The molecule has 3 aromatic heterocycles. The second-order valence-electron chi connectivity index (χ2n) is 10.8. The van der Waals surface area contributed by atoms with Crippen LogP contribution >= 0.6 is 0 Å². The molecule has 0 aliphatic heterocycles. The van der Waals surface area contributed by atoms with Gasteiger partial charge >= 0.3 is 0 Å². The highest BCUT2D eigenvalue weighted by Crippen LogP contribution is 2.46. The summed E-state index contributed by atoms with van der Waals surface area (Å²) in [7, 11) is 2.21. The highest BCUT2D eigenvalue weighted by atomic mass is 15.0. The molecule has 35 heavy (non-hydrogen) atoms. The predicted molar refractivity (Wildman–Crippen MR) is 148 cm³/mol. The van der Waals surface area contributed by atoms with Gasteiger partial charge in [-0.2, -0.15) is 0 Å². The first-order valence-corrected chi connectivity index (χ1v) is 13.1. The van der Waals surface area contributed by atoms with E-state index in [2.05, 4.69) is 96.7 Å². The quantitative estimate of drug-likeness (QED) is 0.134. The summed E-state index contributed by atoms with van der Waals surface area (Å²) in [5.74, 6) is 0.680. The van der Waals surface area contributed by atoms with Gasteiger partial charge in [0.05, 0.1) is 27.3 Å². The van der Waals surface area contributed by atoms with Crippen LogP contribution in [0.15, 0.2) is 66.9 Å². The standard InChI is InChI=1S/C33H29N2/c1-19-23-11-6-7-12-24(23)20(2)31-28(19)33-29-22(17-18-34(33)3)15-16-26-30-25(21-9-4-5-10-21)13-8-14-27(30)35(31)32(26)29/h6-8,11-18,21H,4-5,9-10H2,1-3H3/q+1. The van der Waals surface area contributed by atoms with Crippen LogP contribution in [0.25, 0.3) is 59.8 Å². The summed E-state index contributed by atoms with van der Waals surface area (Å²) in [6, 6.07) is 23.1. The maximum absolute atomic E-state index is 2.63. The van der Waals surface area contributed by atoms with Crippen LogP contribution in [0.5, 0.6) is 0 Å². The fraction of sp³-hybridized carbons (Fsp3) is 0.242. The van der Waals surface area contributed by atoms with Crippen molar-refractivity contribution >= 4 is 59.8 Å². The lowest BCUT2D eigenvalue weighted by molar-refractivity contribution is -0.643. The fourth-order valence-electron chi connectivity index (χ4n) is 7.47. The summed E-state index contributed by atoms with van der Waals surface area (Å²) in [6.07, 6.45) is 7.59. The largest absolute Gasteiger partial charge is 0.307 e. The zero-order valence-electron chi connectivity index (χ0n) is 20.7. The molecule has 170 valence electrons. The molecule has 3 heterocycles. The van der Waals surface area contributed by atoms with Gasteiger partial charge in [0.1, 0.15) is 7.05 Å². The molecule has 4 aromatic carbocycles. The van der Waals surface area contributed by atoms with E-state index in [-0.39, 0.29) is 0 Å². The van der Waals surface area contributed by atoms with Crippen molar-refractivity contribution < 1.29 is 4.57 Å². The third kappa shape index (κ3) is 2.33. The highest BCUT2D eigenvalue weighted by molar-refractivity contribution is 6.29. The van der Waals surface area contributed by atoms with Gasteiger partial charge in [-0.1, -0.05) is 61.4 Å². The van der Waals surface area contributed by atoms with Crippen LogP contribution in [0.4, 0.5) is 0 Å². The Bertz CT molecular complexity index is 1980. The average molecular weight is 454 g/mol. The number of aromatic nitrogens is 2. The third-order valence-electron chi connectivity index (χ3n) is 9.04. The number of fused-ring (bicyclic) bond motifs is 7. The Hall–Kier alpha value is -3.65. The first-order valence-electron chi connectivity index (χ1n) is 13.1. The summed E-state index contributed by atoms with van der Waals surface area (Å²) in [5, 5.41) is 9.72. The Labute approximate surface area is 204 Å². The van der Waals surface area contributed by atoms with Crippen molar-refractivity contribution in [2.45, 2.75) is 45.4 Å². The number of rotatable bonds is 1. The smallest absolute Gasteiger partial charge is 0.224 e. The lowest BCUT2D eigenvalue weighted by Gasteiger charge is -2.17. The molecule has 0 saturated heterocycles. The molecule has 0 unspecified atom stereocenters. The molecule has 1 fully saturated rings. The molecule has 0 amide bonds. The molecule has 2 heteroatoms. The Morgan fingerprint density at radius 2 is 1.49 bits per heavy atom. The molecule has 0 bridgehead atoms. The molecule has 7 aromatic rings. The molecule has 8 rings (SSSR count). The number of pyridine rings is 2. The Balaban J connectivity index is 1.76. The van der Waals surface area contributed by atoms with Crippen molar-refractivity contribution in [1.29, 1.82) is 0 Å². The van der Waals surface area contributed by atoms with Crippen LogP contribution in [0.1, 0.15) is 48.3 Å². The van der Waals surface area contributed by atoms with E-state index >= 15 is 0 Å². The van der Waals surface area contributed by atoms with Crippen molar-refractivity contribution in [2.24, 2.45) is 7.05 Å². The minimum Gasteiger partial charge on any atom is -0.307 e. The SMILES string of the molecule is Cc1c2ccccc2c(C)c2c1c1c3c(ccc4c5c(C6CCCC6)cccc5n2c43)cc[n+]1C. The van der Waals surface area contributed by atoms with E-state index in [0.29, 0.717) is 5.92 Å². The molecular weight excluding hydrogens is 424 g/mol. The molecule has 1 saturated carbocycles. The van der Waals surface area contributed by atoms with E-state index in [9.17, 15) is 0 Å². The van der Waals surface area contributed by atoms with Crippen LogP contribution in [-0.4, -0.2) is 4.40 Å². The number of benzene rings is 4. The number of nitrogens with zero attached hydrogens (tertiary/aromatic N) is 2. The van der Waals surface area contributed by atoms with Gasteiger partial charge in [0.25, 0.3) is 0 Å². The number of hydrogen-bond donors (Lipinski definition) is 0. The third-order valence-corrected chi connectivity index (χ3v) is 9.04. The van der Waals surface area contributed by atoms with Crippen LogP contribution in [-0.2, 0) is 7.05 Å². The summed E-state index contributed by atoms with van der Waals surface area (Å²) >= 11 is 0. The normalized spacial score (nSPS) is 15.3. The van der Waals surface area contributed by atoms with Crippen LogP contribution in [0.3, 0.4) is 0 Å². The molecular formula is C33H29N2+. The first kappa shape index (κ1) is 19.6. The summed E-state index contributed by atoms with van der Waals surface area (Å²) in [4.78, 5) is 0. The topological polar surface area (TPSA) is 8.29 Å². The van der Waals surface area contributed by atoms with Crippen LogP contribution in [0.2, 0.25) is 0 Å². The molecule has 0 radical (unpaired) electrons. The van der Waals surface area contributed by atoms with Crippen molar-refractivity contribution in [3.05, 3.63) is 83.6 Å². The Kier molecular flexibility index (Phi) is 3.77. The minimum atomic E-state index is 0.680. The molecule has 0 N–H and O–H groups in total. The van der Waals surface area contributed by atoms with Gasteiger partial charge in [-0.25, -0.2) is 4.57 Å². The molecule has 0 atom stereocenters. The zero-order valence-corrected chi connectivity index (χ0v) is 20.7. The summed E-state index contributed by atoms with van der Waals surface area (Å²) in [5.41, 5.74) is 9.79. The van der Waals surface area contributed by atoms with E-state index in [1.54, 1.807) is 5.56 Å². The minimum absolute atomic E-state index is 0.680. The maximum atomic E-state index is 2.63. The second-order valence-corrected chi connectivity index (χ2v) is 10.8. The van der Waals surface area contributed by atoms with E-state index in [1.165, 1.54) is 96.6 Å². The van der Waals surface area contributed by atoms with E-state index in [1.807, 2.05) is 0 Å². The monoisotopic (exact) mass is 453 g/mol. The fourth-order valence-corrected chi connectivity index (χ4v) is 7.47. The maximum Gasteiger partial charge on any atom is 0.224 e. The van der Waals surface area contributed by atoms with Crippen molar-refractivity contribution in [3.8, 4) is 0 Å². The van der Waals surface area contributed by atoms with Crippen LogP contribution < -0.4 is 4.57 Å². The zero-order chi connectivity index (χ0) is 23.4. The molecule has 1 aliphatic carbocycles. The number of hydrogen-bond acceptors (Lipinski definition) is 0. The van der Waals surface area contributed by atoms with Crippen LogP contribution in [0, 0.1) is 13.8 Å². The van der Waals surface area contributed by atoms with Crippen molar-refractivity contribution in [3.63, 3.8) is 0 Å². The highest BCUT2D eigenvalue weighted by Gasteiger charge is 2.28. The molecule has 1 aliphatic rings. The first-order chi connectivity index (χ1) is 17.1. The Morgan fingerprint density at radius 1 is 0.714 bits per heavy atom. The van der Waals surface area contributed by atoms with Gasteiger partial charge in [0, 0.05) is 16.8 Å².